The first kappa shape index (κ1) is 19.3. The molecule has 2 aromatic carbocycles. The summed E-state index contributed by atoms with van der Waals surface area (Å²) in [6, 6.07) is 16.3. The van der Waals surface area contributed by atoms with Crippen molar-refractivity contribution >= 4 is 12.1 Å². The number of aliphatic carboxylic acids is 1. The molecule has 1 heterocycles. The van der Waals surface area contributed by atoms with Crippen molar-refractivity contribution in [2.24, 2.45) is 0 Å². The quantitative estimate of drug-likeness (QED) is 0.636. The molecule has 158 valence electrons. The zero-order valence-electron chi connectivity index (χ0n) is 16.8. The minimum atomic E-state index is -1.00. The van der Waals surface area contributed by atoms with Gasteiger partial charge in [0.25, 0.3) is 0 Å². The highest BCUT2D eigenvalue weighted by Gasteiger charge is 2.47. The van der Waals surface area contributed by atoms with Crippen LogP contribution >= 0.6 is 0 Å². The maximum Gasteiger partial charge on any atom is 0.407 e. The molecule has 1 aromatic heterocycles. The maximum atomic E-state index is 12.3. The number of carbonyl (C=O) groups excluding carboxylic acids is 1. The summed E-state index contributed by atoms with van der Waals surface area (Å²) in [5.74, 6) is -0.909. The molecule has 0 atom stereocenters. The fourth-order valence-electron chi connectivity index (χ4n) is 4.45. The van der Waals surface area contributed by atoms with Gasteiger partial charge in [-0.1, -0.05) is 53.7 Å². The minimum Gasteiger partial charge on any atom is -0.479 e. The van der Waals surface area contributed by atoms with E-state index in [2.05, 4.69) is 39.9 Å². The first-order valence-corrected chi connectivity index (χ1v) is 10.3. The Morgan fingerprint density at radius 3 is 2.32 bits per heavy atom. The zero-order valence-corrected chi connectivity index (χ0v) is 16.8. The third-order valence-electron chi connectivity index (χ3n) is 6.32. The average Bonchev–Trinajstić information content (AvgIpc) is 3.33. The van der Waals surface area contributed by atoms with Crippen LogP contribution in [0.15, 0.2) is 54.7 Å². The molecule has 1 fully saturated rings. The Hall–Kier alpha value is -3.68. The van der Waals surface area contributed by atoms with Crippen molar-refractivity contribution in [2.75, 3.05) is 6.61 Å². The highest BCUT2D eigenvalue weighted by atomic mass is 16.5. The number of benzene rings is 2. The predicted molar refractivity (Wildman–Crippen MR) is 111 cm³/mol. The van der Waals surface area contributed by atoms with E-state index in [0.717, 1.165) is 17.5 Å². The molecule has 2 aliphatic carbocycles. The van der Waals surface area contributed by atoms with Gasteiger partial charge in [0.15, 0.2) is 5.54 Å². The van der Waals surface area contributed by atoms with Gasteiger partial charge in [0.05, 0.1) is 12.7 Å². The van der Waals surface area contributed by atoms with Gasteiger partial charge in [0.2, 0.25) is 0 Å². The summed E-state index contributed by atoms with van der Waals surface area (Å²) in [5.41, 5.74) is 4.13. The largest absolute Gasteiger partial charge is 0.479 e. The topological polar surface area (TPSA) is 106 Å². The van der Waals surface area contributed by atoms with Crippen LogP contribution < -0.4 is 5.32 Å². The summed E-state index contributed by atoms with van der Waals surface area (Å²) in [6.07, 6.45) is 2.94. The number of nitrogens with zero attached hydrogens (tertiary/aromatic N) is 3. The molecule has 5 rings (SSSR count). The van der Waals surface area contributed by atoms with Gasteiger partial charge >= 0.3 is 12.1 Å². The summed E-state index contributed by atoms with van der Waals surface area (Å²) >= 11 is 0. The number of carbonyl (C=O) groups is 2. The number of ether oxygens (including phenoxy) is 1. The molecule has 2 N–H and O–H groups in total. The average molecular weight is 418 g/mol. The standard InChI is InChI=1S/C23H22N4O4/c28-21(29)23(10-5-11-23)27-13-15(25-26-27)12-24-22(30)31-14-20-18-8-3-1-6-16(18)17-7-2-4-9-19(17)20/h1-4,6-9,13,20H,5,10-12,14H2,(H,24,30)(H,28,29). The van der Waals surface area contributed by atoms with Gasteiger partial charge in [0.1, 0.15) is 12.3 Å². The van der Waals surface area contributed by atoms with E-state index in [4.69, 9.17) is 4.74 Å². The van der Waals surface area contributed by atoms with Crippen molar-refractivity contribution in [2.45, 2.75) is 37.3 Å². The normalized spacial score (nSPS) is 16.1. The van der Waals surface area contributed by atoms with E-state index < -0.39 is 17.6 Å². The number of hydrogen-bond acceptors (Lipinski definition) is 5. The van der Waals surface area contributed by atoms with Gasteiger partial charge < -0.3 is 15.2 Å². The lowest BCUT2D eigenvalue weighted by Gasteiger charge is -2.36. The fourth-order valence-corrected chi connectivity index (χ4v) is 4.45. The van der Waals surface area contributed by atoms with Gasteiger partial charge in [-0.3, -0.25) is 0 Å². The molecule has 31 heavy (non-hydrogen) atoms. The minimum absolute atomic E-state index is 0.00642. The molecule has 1 saturated carbocycles. The van der Waals surface area contributed by atoms with E-state index in [0.29, 0.717) is 18.5 Å². The van der Waals surface area contributed by atoms with Gasteiger partial charge in [0, 0.05) is 5.92 Å². The van der Waals surface area contributed by atoms with Crippen molar-refractivity contribution < 1.29 is 19.4 Å². The van der Waals surface area contributed by atoms with E-state index in [1.54, 1.807) is 6.20 Å². The Bertz CT molecular complexity index is 1110. The second-order valence-corrected chi connectivity index (χ2v) is 8.02. The number of amides is 1. The SMILES string of the molecule is O=C(NCc1cn(C2(C(=O)O)CCC2)nn1)OCC1c2ccccc2-c2ccccc21. The van der Waals surface area contributed by atoms with Crippen molar-refractivity contribution in [1.82, 2.24) is 20.3 Å². The highest BCUT2D eigenvalue weighted by Crippen LogP contribution is 2.44. The van der Waals surface area contributed by atoms with Gasteiger partial charge in [-0.05, 0) is 41.5 Å². The summed E-state index contributed by atoms with van der Waals surface area (Å²) < 4.78 is 6.90. The predicted octanol–water partition coefficient (Wildman–Crippen LogP) is 3.28. The molecule has 1 amide bonds. The monoisotopic (exact) mass is 418 g/mol. The van der Waals surface area contributed by atoms with Crippen LogP contribution in [-0.4, -0.2) is 38.8 Å². The lowest BCUT2D eigenvalue weighted by atomic mass is 9.77. The van der Waals surface area contributed by atoms with Gasteiger partial charge in [-0.2, -0.15) is 0 Å². The van der Waals surface area contributed by atoms with Crippen LogP contribution in [0, 0.1) is 0 Å². The molecular formula is C23H22N4O4. The third-order valence-corrected chi connectivity index (χ3v) is 6.32. The van der Waals surface area contributed by atoms with E-state index in [1.807, 2.05) is 24.3 Å². The number of alkyl carbamates (subject to hydrolysis) is 1. The molecule has 0 spiro atoms. The Balaban J connectivity index is 1.21. The van der Waals surface area contributed by atoms with Crippen molar-refractivity contribution in [3.05, 3.63) is 71.5 Å². The first-order valence-electron chi connectivity index (χ1n) is 10.3. The molecular weight excluding hydrogens is 396 g/mol. The van der Waals surface area contributed by atoms with Crippen molar-refractivity contribution in [3.8, 4) is 11.1 Å². The Morgan fingerprint density at radius 2 is 1.74 bits per heavy atom. The Morgan fingerprint density at radius 1 is 1.10 bits per heavy atom. The van der Waals surface area contributed by atoms with E-state index >= 15 is 0 Å². The molecule has 0 saturated heterocycles. The van der Waals surface area contributed by atoms with Gasteiger partial charge in [-0.15, -0.1) is 5.10 Å². The van der Waals surface area contributed by atoms with Crippen LogP contribution in [0.2, 0.25) is 0 Å². The second-order valence-electron chi connectivity index (χ2n) is 8.02. The molecule has 2 aliphatic rings. The van der Waals surface area contributed by atoms with Crippen molar-refractivity contribution in [3.63, 3.8) is 0 Å². The first-order chi connectivity index (χ1) is 15.1. The van der Waals surface area contributed by atoms with E-state index in [9.17, 15) is 14.7 Å². The van der Waals surface area contributed by atoms with Crippen LogP contribution in [0.25, 0.3) is 11.1 Å². The molecule has 0 unspecified atom stereocenters. The molecule has 8 heteroatoms. The number of carboxylic acids is 1. The third kappa shape index (κ3) is 3.24. The molecule has 0 aliphatic heterocycles. The number of nitrogens with one attached hydrogen (secondary N) is 1. The van der Waals surface area contributed by atoms with Crippen LogP contribution in [0.3, 0.4) is 0 Å². The number of aromatic nitrogens is 3. The van der Waals surface area contributed by atoms with Crippen molar-refractivity contribution in [1.29, 1.82) is 0 Å². The summed E-state index contributed by atoms with van der Waals surface area (Å²) in [6.45, 7) is 0.348. The Labute approximate surface area is 178 Å². The van der Waals surface area contributed by atoms with E-state index in [1.165, 1.54) is 15.8 Å². The molecule has 0 radical (unpaired) electrons. The Kier molecular flexibility index (Phi) is 4.69. The number of rotatable bonds is 6. The lowest BCUT2D eigenvalue weighted by Crippen LogP contribution is -2.48. The summed E-state index contributed by atoms with van der Waals surface area (Å²) in [4.78, 5) is 23.9. The van der Waals surface area contributed by atoms with Gasteiger partial charge in [-0.25, -0.2) is 14.3 Å². The highest BCUT2D eigenvalue weighted by molar-refractivity contribution is 5.79. The lowest BCUT2D eigenvalue weighted by molar-refractivity contribution is -0.153. The zero-order chi connectivity index (χ0) is 21.4. The molecule has 0 bridgehead atoms. The molecule has 3 aromatic rings. The number of carboxylic acid groups (broad SMARTS) is 1. The van der Waals surface area contributed by atoms with Crippen LogP contribution in [0.4, 0.5) is 4.79 Å². The summed E-state index contributed by atoms with van der Waals surface area (Å²) in [5, 5.41) is 20.1. The van der Waals surface area contributed by atoms with E-state index in [-0.39, 0.29) is 19.1 Å². The van der Waals surface area contributed by atoms with Crippen LogP contribution in [-0.2, 0) is 21.6 Å². The smallest absolute Gasteiger partial charge is 0.407 e. The number of hydrogen-bond donors (Lipinski definition) is 2. The second kappa shape index (κ2) is 7.54. The fraction of sp³-hybridized carbons (Fsp3) is 0.304. The molecule has 8 nitrogen and oxygen atoms in total. The maximum absolute atomic E-state index is 12.3. The van der Waals surface area contributed by atoms with Crippen LogP contribution in [0.1, 0.15) is 42.0 Å². The summed E-state index contributed by atoms with van der Waals surface area (Å²) in [7, 11) is 0. The number of fused-ring (bicyclic) bond motifs is 3. The van der Waals surface area contributed by atoms with Crippen LogP contribution in [0.5, 0.6) is 0 Å².